The zero-order valence-electron chi connectivity index (χ0n) is 11.2. The van der Waals surface area contributed by atoms with Crippen molar-refractivity contribution in [2.45, 2.75) is 32.7 Å². The van der Waals surface area contributed by atoms with E-state index in [1.807, 2.05) is 6.07 Å². The topological polar surface area (TPSA) is 12.0 Å². The third kappa shape index (κ3) is 2.48. The normalized spacial score (nSPS) is 13.4. The summed E-state index contributed by atoms with van der Waals surface area (Å²) in [7, 11) is 0. The first-order valence-electron chi connectivity index (χ1n) is 6.84. The van der Waals surface area contributed by atoms with Gasteiger partial charge in [-0.1, -0.05) is 24.3 Å². The monoisotopic (exact) mass is 255 g/mol. The van der Waals surface area contributed by atoms with Crippen molar-refractivity contribution >= 4 is 5.69 Å². The van der Waals surface area contributed by atoms with Gasteiger partial charge in [-0.25, -0.2) is 4.39 Å². The van der Waals surface area contributed by atoms with Crippen LogP contribution in [0.3, 0.4) is 0 Å². The number of halogens is 1. The van der Waals surface area contributed by atoms with E-state index < -0.39 is 0 Å². The maximum atomic E-state index is 13.4. The van der Waals surface area contributed by atoms with Crippen LogP contribution in [0.1, 0.15) is 28.7 Å². The molecule has 0 unspecified atom stereocenters. The average molecular weight is 255 g/mol. The number of rotatable bonds is 3. The van der Waals surface area contributed by atoms with Gasteiger partial charge in [0.05, 0.1) is 0 Å². The molecule has 0 saturated heterocycles. The summed E-state index contributed by atoms with van der Waals surface area (Å²) in [5.41, 5.74) is 5.80. The second kappa shape index (κ2) is 5.04. The van der Waals surface area contributed by atoms with Gasteiger partial charge in [-0.3, -0.25) is 0 Å². The molecule has 0 radical (unpaired) electrons. The Morgan fingerprint density at radius 3 is 2.84 bits per heavy atom. The molecule has 19 heavy (non-hydrogen) atoms. The van der Waals surface area contributed by atoms with E-state index in [4.69, 9.17) is 0 Å². The van der Waals surface area contributed by atoms with Crippen molar-refractivity contribution < 1.29 is 4.39 Å². The largest absolute Gasteiger partial charge is 0.381 e. The van der Waals surface area contributed by atoms with Crippen LogP contribution < -0.4 is 5.32 Å². The summed E-state index contributed by atoms with van der Waals surface area (Å²) in [6.45, 7) is 2.55. The molecule has 2 aromatic rings. The molecular formula is C17H18FN. The zero-order valence-corrected chi connectivity index (χ0v) is 11.2. The molecule has 0 saturated carbocycles. The molecular weight excluding hydrogens is 237 g/mol. The first-order chi connectivity index (χ1) is 9.24. The Balaban J connectivity index is 1.74. The molecule has 3 rings (SSSR count). The van der Waals surface area contributed by atoms with Crippen molar-refractivity contribution in [2.24, 2.45) is 0 Å². The Labute approximate surface area is 113 Å². The SMILES string of the molecule is Cc1c(F)cccc1NCc1ccc2c(c1)CCC2. The third-order valence-electron chi connectivity index (χ3n) is 3.91. The highest BCUT2D eigenvalue weighted by Crippen LogP contribution is 2.24. The molecule has 0 bridgehead atoms. The number of nitrogens with one attached hydrogen (secondary N) is 1. The van der Waals surface area contributed by atoms with E-state index in [2.05, 4.69) is 23.5 Å². The van der Waals surface area contributed by atoms with Crippen molar-refractivity contribution in [1.82, 2.24) is 0 Å². The molecule has 0 atom stereocenters. The second-order valence-electron chi connectivity index (χ2n) is 5.22. The molecule has 0 aliphatic heterocycles. The summed E-state index contributed by atoms with van der Waals surface area (Å²) in [5, 5.41) is 3.32. The Hall–Kier alpha value is -1.83. The Bertz CT molecular complexity index is 604. The number of hydrogen-bond donors (Lipinski definition) is 1. The van der Waals surface area contributed by atoms with Crippen molar-refractivity contribution in [1.29, 1.82) is 0 Å². The summed E-state index contributed by atoms with van der Waals surface area (Å²) in [6, 6.07) is 11.8. The van der Waals surface area contributed by atoms with E-state index in [9.17, 15) is 4.39 Å². The van der Waals surface area contributed by atoms with Gasteiger partial charge in [0.1, 0.15) is 5.82 Å². The van der Waals surface area contributed by atoms with Gasteiger partial charge in [-0.2, -0.15) is 0 Å². The van der Waals surface area contributed by atoms with Gasteiger partial charge in [-0.05, 0) is 55.0 Å². The van der Waals surface area contributed by atoms with Crippen LogP contribution in [0.2, 0.25) is 0 Å². The molecule has 2 heteroatoms. The summed E-state index contributed by atoms with van der Waals surface area (Å²) < 4.78 is 13.4. The number of benzene rings is 2. The standard InChI is InChI=1S/C17H18FN/c1-12-16(18)6-3-7-17(12)19-11-13-8-9-14-4-2-5-15(14)10-13/h3,6-10,19H,2,4-5,11H2,1H3. The van der Waals surface area contributed by atoms with Crippen molar-refractivity contribution in [2.75, 3.05) is 5.32 Å². The lowest BCUT2D eigenvalue weighted by atomic mass is 10.1. The van der Waals surface area contributed by atoms with E-state index in [1.165, 1.54) is 42.0 Å². The van der Waals surface area contributed by atoms with Gasteiger partial charge in [0.25, 0.3) is 0 Å². The summed E-state index contributed by atoms with van der Waals surface area (Å²) >= 11 is 0. The minimum atomic E-state index is -0.154. The van der Waals surface area contributed by atoms with E-state index in [0.29, 0.717) is 5.56 Å². The van der Waals surface area contributed by atoms with Crippen LogP contribution in [0, 0.1) is 12.7 Å². The van der Waals surface area contributed by atoms with E-state index >= 15 is 0 Å². The first kappa shape index (κ1) is 12.2. The van der Waals surface area contributed by atoms with Crippen LogP contribution in [0.4, 0.5) is 10.1 Å². The lowest BCUT2D eigenvalue weighted by Crippen LogP contribution is -2.02. The summed E-state index contributed by atoms with van der Waals surface area (Å²) in [4.78, 5) is 0. The molecule has 0 aromatic heterocycles. The van der Waals surface area contributed by atoms with Crippen LogP contribution in [0.25, 0.3) is 0 Å². The molecule has 0 heterocycles. The molecule has 0 amide bonds. The highest BCUT2D eigenvalue weighted by molar-refractivity contribution is 5.51. The average Bonchev–Trinajstić information content (AvgIpc) is 2.88. The highest BCUT2D eigenvalue weighted by Gasteiger charge is 2.10. The maximum absolute atomic E-state index is 13.4. The minimum absolute atomic E-state index is 0.154. The van der Waals surface area contributed by atoms with Crippen molar-refractivity contribution in [3.63, 3.8) is 0 Å². The van der Waals surface area contributed by atoms with Crippen molar-refractivity contribution in [3.8, 4) is 0 Å². The van der Waals surface area contributed by atoms with Crippen LogP contribution in [-0.2, 0) is 19.4 Å². The Morgan fingerprint density at radius 2 is 1.95 bits per heavy atom. The highest BCUT2D eigenvalue weighted by atomic mass is 19.1. The lowest BCUT2D eigenvalue weighted by Gasteiger charge is -2.11. The molecule has 2 aromatic carbocycles. The van der Waals surface area contributed by atoms with Gasteiger partial charge >= 0.3 is 0 Å². The first-order valence-corrected chi connectivity index (χ1v) is 6.84. The lowest BCUT2D eigenvalue weighted by molar-refractivity contribution is 0.619. The summed E-state index contributed by atoms with van der Waals surface area (Å²) in [5.74, 6) is -0.154. The molecule has 0 fully saturated rings. The predicted molar refractivity (Wildman–Crippen MR) is 76.9 cm³/mol. The van der Waals surface area contributed by atoms with Gasteiger partial charge < -0.3 is 5.32 Å². The third-order valence-corrected chi connectivity index (χ3v) is 3.91. The van der Waals surface area contributed by atoms with E-state index in [0.717, 1.165) is 12.2 Å². The fourth-order valence-corrected chi connectivity index (χ4v) is 2.73. The second-order valence-corrected chi connectivity index (χ2v) is 5.22. The number of anilines is 1. The fourth-order valence-electron chi connectivity index (χ4n) is 2.73. The Kier molecular flexibility index (Phi) is 3.24. The number of hydrogen-bond acceptors (Lipinski definition) is 1. The van der Waals surface area contributed by atoms with Crippen LogP contribution in [0.15, 0.2) is 36.4 Å². The fraction of sp³-hybridized carbons (Fsp3) is 0.294. The molecule has 0 spiro atoms. The van der Waals surface area contributed by atoms with Crippen molar-refractivity contribution in [3.05, 3.63) is 64.5 Å². The van der Waals surface area contributed by atoms with Gasteiger partial charge in [-0.15, -0.1) is 0 Å². The van der Waals surface area contributed by atoms with Crippen LogP contribution in [0.5, 0.6) is 0 Å². The molecule has 1 nitrogen and oxygen atoms in total. The number of fused-ring (bicyclic) bond motifs is 1. The maximum Gasteiger partial charge on any atom is 0.128 e. The summed E-state index contributed by atoms with van der Waals surface area (Å²) in [6.07, 6.45) is 3.68. The smallest absolute Gasteiger partial charge is 0.128 e. The van der Waals surface area contributed by atoms with E-state index in [-0.39, 0.29) is 5.82 Å². The zero-order chi connectivity index (χ0) is 13.2. The van der Waals surface area contributed by atoms with Gasteiger partial charge in [0.2, 0.25) is 0 Å². The molecule has 98 valence electrons. The minimum Gasteiger partial charge on any atom is -0.381 e. The Morgan fingerprint density at radius 1 is 1.11 bits per heavy atom. The van der Waals surface area contributed by atoms with Crippen LogP contribution >= 0.6 is 0 Å². The number of aryl methyl sites for hydroxylation is 2. The van der Waals surface area contributed by atoms with E-state index in [1.54, 1.807) is 13.0 Å². The molecule has 1 N–H and O–H groups in total. The molecule has 1 aliphatic carbocycles. The van der Waals surface area contributed by atoms with Crippen LogP contribution in [-0.4, -0.2) is 0 Å². The quantitative estimate of drug-likeness (QED) is 0.865. The van der Waals surface area contributed by atoms with Gasteiger partial charge in [0.15, 0.2) is 0 Å². The van der Waals surface area contributed by atoms with Gasteiger partial charge in [0, 0.05) is 17.8 Å². The molecule has 1 aliphatic rings. The predicted octanol–water partition coefficient (Wildman–Crippen LogP) is 4.23.